The molecule has 94 valence electrons. The molecule has 0 amide bonds. The highest BCUT2D eigenvalue weighted by Gasteiger charge is 2.42. The van der Waals surface area contributed by atoms with Crippen molar-refractivity contribution in [2.24, 2.45) is 0 Å². The maximum Gasteiger partial charge on any atom is 0.200 e. The fourth-order valence-electron chi connectivity index (χ4n) is 2.12. The van der Waals surface area contributed by atoms with Gasteiger partial charge in [0.1, 0.15) is 6.10 Å². The summed E-state index contributed by atoms with van der Waals surface area (Å²) in [7, 11) is 0. The molecule has 3 rings (SSSR count). The van der Waals surface area contributed by atoms with Crippen LogP contribution in [0.5, 0.6) is 5.88 Å². The minimum absolute atomic E-state index is 0.00585. The van der Waals surface area contributed by atoms with E-state index in [1.54, 1.807) is 10.8 Å². The maximum absolute atomic E-state index is 11.1. The van der Waals surface area contributed by atoms with E-state index in [0.29, 0.717) is 12.3 Å². The molecular weight excluding hydrogens is 222 g/mol. The van der Waals surface area contributed by atoms with Crippen LogP contribution in [-0.4, -0.2) is 28.5 Å². The molecule has 17 heavy (non-hydrogen) atoms. The normalized spacial score (nSPS) is 28.8. The Kier molecular flexibility index (Phi) is 3.49. The van der Waals surface area contributed by atoms with Gasteiger partial charge in [-0.25, -0.2) is 0 Å². The molecule has 0 saturated carbocycles. The Labute approximate surface area is 99.6 Å². The zero-order valence-electron chi connectivity index (χ0n) is 10.00. The maximum atomic E-state index is 11.1. The van der Waals surface area contributed by atoms with Gasteiger partial charge in [0.15, 0.2) is 17.5 Å². The second-order valence-electron chi connectivity index (χ2n) is 3.83. The van der Waals surface area contributed by atoms with Gasteiger partial charge in [-0.3, -0.25) is 9.36 Å². The Bertz CT molecular complexity index is 442. The molecular formula is C12H17NO4. The van der Waals surface area contributed by atoms with E-state index in [9.17, 15) is 4.79 Å². The quantitative estimate of drug-likeness (QED) is 0.791. The summed E-state index contributed by atoms with van der Waals surface area (Å²) in [5.41, 5.74) is -0.0695. The first-order chi connectivity index (χ1) is 8.28. The Morgan fingerprint density at radius 1 is 1.53 bits per heavy atom. The average molecular weight is 239 g/mol. The molecule has 1 fully saturated rings. The number of nitrogens with zero attached hydrogens (tertiary/aromatic N) is 1. The Morgan fingerprint density at radius 3 is 3.00 bits per heavy atom. The third-order valence-electron chi connectivity index (χ3n) is 2.81. The van der Waals surface area contributed by atoms with Crippen molar-refractivity contribution in [3.63, 3.8) is 0 Å². The van der Waals surface area contributed by atoms with Gasteiger partial charge >= 0.3 is 0 Å². The first-order valence-electron chi connectivity index (χ1n) is 5.93. The third-order valence-corrected chi connectivity index (χ3v) is 2.81. The summed E-state index contributed by atoms with van der Waals surface area (Å²) in [4.78, 5) is 11.1. The number of aliphatic hydroxyl groups excluding tert-OH is 1. The van der Waals surface area contributed by atoms with Crippen molar-refractivity contribution < 1.29 is 14.6 Å². The van der Waals surface area contributed by atoms with Gasteiger partial charge < -0.3 is 14.6 Å². The van der Waals surface area contributed by atoms with Crippen molar-refractivity contribution in [3.8, 4) is 5.88 Å². The fraction of sp³-hybridized carbons (Fsp3) is 0.583. The van der Waals surface area contributed by atoms with E-state index < -0.39 is 0 Å². The van der Waals surface area contributed by atoms with Crippen molar-refractivity contribution in [2.75, 3.05) is 6.61 Å². The molecule has 0 aliphatic carbocycles. The van der Waals surface area contributed by atoms with Gasteiger partial charge in [0.2, 0.25) is 0 Å². The number of aliphatic hydroxyl groups is 1. The predicted molar refractivity (Wildman–Crippen MR) is 62.1 cm³/mol. The lowest BCUT2D eigenvalue weighted by atomic mass is 10.2. The van der Waals surface area contributed by atoms with E-state index in [2.05, 4.69) is 0 Å². The molecule has 3 heterocycles. The van der Waals surface area contributed by atoms with E-state index in [4.69, 9.17) is 14.6 Å². The Morgan fingerprint density at radius 2 is 2.29 bits per heavy atom. The number of ether oxygens (including phenoxy) is 2. The van der Waals surface area contributed by atoms with Crippen LogP contribution in [0, 0.1) is 0 Å². The first-order valence-corrected chi connectivity index (χ1v) is 5.93. The van der Waals surface area contributed by atoms with Gasteiger partial charge in [-0.2, -0.15) is 0 Å². The molecule has 5 nitrogen and oxygen atoms in total. The van der Waals surface area contributed by atoms with E-state index in [0.717, 1.165) is 0 Å². The van der Waals surface area contributed by atoms with Crippen LogP contribution in [0.25, 0.3) is 0 Å². The zero-order chi connectivity index (χ0) is 12.4. The fourth-order valence-corrected chi connectivity index (χ4v) is 2.12. The van der Waals surface area contributed by atoms with E-state index in [1.807, 2.05) is 13.8 Å². The topological polar surface area (TPSA) is 60.7 Å². The largest absolute Gasteiger partial charge is 0.470 e. The smallest absolute Gasteiger partial charge is 0.200 e. The van der Waals surface area contributed by atoms with Crippen LogP contribution in [0.15, 0.2) is 23.1 Å². The monoisotopic (exact) mass is 239 g/mol. The number of rotatable bonds is 1. The predicted octanol–water partition coefficient (Wildman–Crippen LogP) is 0.915. The van der Waals surface area contributed by atoms with Crippen LogP contribution in [0.2, 0.25) is 0 Å². The number of hydrogen-bond donors (Lipinski definition) is 1. The van der Waals surface area contributed by atoms with Crippen LogP contribution in [0.1, 0.15) is 26.5 Å². The molecule has 1 saturated heterocycles. The molecule has 3 atom stereocenters. The minimum Gasteiger partial charge on any atom is -0.470 e. The molecule has 2 aliphatic rings. The van der Waals surface area contributed by atoms with Crippen molar-refractivity contribution in [1.29, 1.82) is 0 Å². The molecule has 0 bridgehead atoms. The van der Waals surface area contributed by atoms with Gasteiger partial charge in [-0.15, -0.1) is 0 Å². The van der Waals surface area contributed by atoms with E-state index >= 15 is 0 Å². The van der Waals surface area contributed by atoms with E-state index in [1.165, 1.54) is 12.1 Å². The average Bonchev–Trinajstić information content (AvgIpc) is 2.87. The standard InChI is InChI=1S/C10H11NO4.C2H6/c12-5-7-4-8-10(14-7)11-2-1-6(13)3-9(11)15-8;1-2/h1-3,7-8,10,12H,4-5H2;1-2H3. The summed E-state index contributed by atoms with van der Waals surface area (Å²) in [5.74, 6) is 0.550. The minimum atomic E-state index is -0.197. The molecule has 2 aliphatic heterocycles. The summed E-state index contributed by atoms with van der Waals surface area (Å²) >= 11 is 0. The second kappa shape index (κ2) is 4.89. The van der Waals surface area contributed by atoms with Crippen molar-refractivity contribution in [3.05, 3.63) is 28.6 Å². The van der Waals surface area contributed by atoms with Crippen LogP contribution < -0.4 is 10.2 Å². The van der Waals surface area contributed by atoms with Crippen LogP contribution >= 0.6 is 0 Å². The lowest BCUT2D eigenvalue weighted by molar-refractivity contribution is -0.0256. The van der Waals surface area contributed by atoms with Gasteiger partial charge in [0, 0.05) is 24.8 Å². The zero-order valence-corrected chi connectivity index (χ0v) is 10.00. The second-order valence-corrected chi connectivity index (χ2v) is 3.83. The van der Waals surface area contributed by atoms with Gasteiger partial charge in [0.25, 0.3) is 0 Å². The highest BCUT2D eigenvalue weighted by Crippen LogP contribution is 2.39. The summed E-state index contributed by atoms with van der Waals surface area (Å²) in [6, 6.07) is 2.93. The SMILES string of the molecule is CC.O=c1ccn2c(c1)OC1CC(CO)OC12. The molecule has 0 aromatic carbocycles. The molecule has 1 N–H and O–H groups in total. The lowest BCUT2D eigenvalue weighted by Crippen LogP contribution is -2.14. The summed E-state index contributed by atoms with van der Waals surface area (Å²) < 4.78 is 13.0. The van der Waals surface area contributed by atoms with Crippen LogP contribution in [0.4, 0.5) is 0 Å². The molecule has 0 spiro atoms. The number of hydrogen-bond acceptors (Lipinski definition) is 4. The molecule has 0 radical (unpaired) electrons. The Hall–Kier alpha value is -1.33. The van der Waals surface area contributed by atoms with Crippen molar-refractivity contribution in [1.82, 2.24) is 4.57 Å². The molecule has 3 unspecified atom stereocenters. The van der Waals surface area contributed by atoms with Gasteiger partial charge in [0.05, 0.1) is 12.7 Å². The van der Waals surface area contributed by atoms with Crippen molar-refractivity contribution >= 4 is 0 Å². The molecule has 1 aromatic rings. The van der Waals surface area contributed by atoms with Gasteiger partial charge in [-0.1, -0.05) is 13.8 Å². The summed E-state index contributed by atoms with van der Waals surface area (Å²) in [6.07, 6.45) is 1.90. The highest BCUT2D eigenvalue weighted by molar-refractivity contribution is 5.18. The third kappa shape index (κ3) is 2.08. The van der Waals surface area contributed by atoms with Crippen LogP contribution in [0.3, 0.4) is 0 Å². The number of fused-ring (bicyclic) bond motifs is 3. The summed E-state index contributed by atoms with van der Waals surface area (Å²) in [6.45, 7) is 4.01. The number of pyridine rings is 1. The van der Waals surface area contributed by atoms with Crippen LogP contribution in [-0.2, 0) is 4.74 Å². The highest BCUT2D eigenvalue weighted by atomic mass is 16.6. The lowest BCUT2D eigenvalue weighted by Gasteiger charge is -2.11. The van der Waals surface area contributed by atoms with Gasteiger partial charge in [-0.05, 0) is 0 Å². The van der Waals surface area contributed by atoms with Crippen molar-refractivity contribution in [2.45, 2.75) is 38.7 Å². The number of aromatic nitrogens is 1. The van der Waals surface area contributed by atoms with E-state index in [-0.39, 0.29) is 30.5 Å². The Balaban J connectivity index is 0.000000514. The molecule has 5 heteroatoms. The summed E-state index contributed by atoms with van der Waals surface area (Å²) in [5, 5.41) is 8.97. The first kappa shape index (κ1) is 12.1. The molecule has 1 aromatic heterocycles.